The third-order valence-corrected chi connectivity index (χ3v) is 7.76. The predicted octanol–water partition coefficient (Wildman–Crippen LogP) is 2.06. The first kappa shape index (κ1) is 22.2. The number of hydrogen-bond acceptors (Lipinski definition) is 5. The number of imidazole rings is 1. The lowest BCUT2D eigenvalue weighted by molar-refractivity contribution is -0.137. The number of rotatable bonds is 5. The molecule has 1 fully saturated rings. The molecule has 170 valence electrons. The average molecular weight is 463 g/mol. The third kappa shape index (κ3) is 3.71. The van der Waals surface area contributed by atoms with Gasteiger partial charge in [-0.2, -0.15) is 4.31 Å². The van der Waals surface area contributed by atoms with Crippen LogP contribution in [0.1, 0.15) is 30.0 Å². The van der Waals surface area contributed by atoms with Gasteiger partial charge in [0.15, 0.2) is 5.65 Å². The van der Waals surface area contributed by atoms with Crippen molar-refractivity contribution < 1.29 is 22.7 Å². The molecule has 9 nitrogen and oxygen atoms in total. The normalized spacial score (nSPS) is 16.0. The number of pyridine rings is 1. The highest BCUT2D eigenvalue weighted by Crippen LogP contribution is 2.30. The van der Waals surface area contributed by atoms with Crippen LogP contribution < -0.4 is 5.69 Å². The van der Waals surface area contributed by atoms with Crippen LogP contribution in [0.5, 0.6) is 0 Å². The zero-order valence-corrected chi connectivity index (χ0v) is 18.5. The van der Waals surface area contributed by atoms with Crippen LogP contribution in [-0.4, -0.2) is 51.0 Å². The Morgan fingerprint density at radius 1 is 1.22 bits per heavy atom. The number of halogens is 1. The van der Waals surface area contributed by atoms with Crippen molar-refractivity contribution in [3.8, 4) is 0 Å². The van der Waals surface area contributed by atoms with Crippen LogP contribution in [0.3, 0.4) is 0 Å². The minimum Gasteiger partial charge on any atom is -0.480 e. The summed E-state index contributed by atoms with van der Waals surface area (Å²) in [5, 5.41) is 9.24. The van der Waals surface area contributed by atoms with E-state index in [1.165, 1.54) is 25.6 Å². The van der Waals surface area contributed by atoms with Crippen LogP contribution in [-0.2, 0) is 21.4 Å². The van der Waals surface area contributed by atoms with Gasteiger partial charge >= 0.3 is 11.7 Å². The molecule has 1 aliphatic rings. The van der Waals surface area contributed by atoms with E-state index < -0.39 is 34.0 Å². The van der Waals surface area contributed by atoms with E-state index in [0.717, 1.165) is 5.56 Å². The average Bonchev–Trinajstić information content (AvgIpc) is 3.00. The molecule has 11 heteroatoms. The Morgan fingerprint density at radius 2 is 1.91 bits per heavy atom. The van der Waals surface area contributed by atoms with Crippen molar-refractivity contribution in [2.24, 2.45) is 0 Å². The Hall–Kier alpha value is -3.05. The number of hydrogen-bond donors (Lipinski definition) is 1. The zero-order chi connectivity index (χ0) is 23.2. The molecule has 0 aliphatic carbocycles. The molecule has 0 saturated carbocycles. The van der Waals surface area contributed by atoms with Gasteiger partial charge in [-0.15, -0.1) is 0 Å². The standard InChI is InChI=1S/C21H23FN4O5S/c1-13-3-4-17(16(22)11-13)32(30,31)24-9-6-15(7-10-24)26-20-19(14(2)5-8-23-20)25(21(26)29)12-18(27)28/h3-5,8,11,15H,6-7,9-10,12H2,1-2H3,(H,27,28). The van der Waals surface area contributed by atoms with E-state index >= 15 is 0 Å². The van der Waals surface area contributed by atoms with Gasteiger partial charge in [0, 0.05) is 25.3 Å². The number of carbonyl (C=O) groups is 1. The van der Waals surface area contributed by atoms with E-state index in [1.54, 1.807) is 32.2 Å². The third-order valence-electron chi connectivity index (χ3n) is 5.83. The zero-order valence-electron chi connectivity index (χ0n) is 17.7. The lowest BCUT2D eigenvalue weighted by Crippen LogP contribution is -2.41. The Kier molecular flexibility index (Phi) is 5.63. The van der Waals surface area contributed by atoms with E-state index in [-0.39, 0.29) is 24.0 Å². The van der Waals surface area contributed by atoms with E-state index in [9.17, 15) is 27.5 Å². The summed E-state index contributed by atoms with van der Waals surface area (Å²) in [5.41, 5.74) is 1.69. The van der Waals surface area contributed by atoms with E-state index in [0.29, 0.717) is 29.6 Å². The van der Waals surface area contributed by atoms with E-state index in [1.807, 2.05) is 0 Å². The second-order valence-corrected chi connectivity index (χ2v) is 9.91. The number of sulfonamides is 1. The summed E-state index contributed by atoms with van der Waals surface area (Å²) in [5.74, 6) is -1.94. The van der Waals surface area contributed by atoms with Crippen LogP contribution in [0, 0.1) is 19.7 Å². The van der Waals surface area contributed by atoms with Gasteiger partial charge in [-0.25, -0.2) is 22.6 Å². The molecule has 0 amide bonds. The fourth-order valence-electron chi connectivity index (χ4n) is 4.27. The molecule has 32 heavy (non-hydrogen) atoms. The smallest absolute Gasteiger partial charge is 0.331 e. The minimum absolute atomic E-state index is 0.101. The van der Waals surface area contributed by atoms with Gasteiger partial charge in [0.1, 0.15) is 17.3 Å². The summed E-state index contributed by atoms with van der Waals surface area (Å²) in [6.45, 7) is 3.17. The Balaban J connectivity index is 1.65. The number of carboxylic acids is 1. The Morgan fingerprint density at radius 3 is 2.53 bits per heavy atom. The maximum atomic E-state index is 14.3. The van der Waals surface area contributed by atoms with Crippen molar-refractivity contribution in [3.05, 3.63) is 57.9 Å². The van der Waals surface area contributed by atoms with Gasteiger partial charge in [0.25, 0.3) is 0 Å². The second-order valence-electron chi connectivity index (χ2n) is 8.00. The fraction of sp³-hybridized carbons (Fsp3) is 0.381. The van der Waals surface area contributed by atoms with Gasteiger partial charge < -0.3 is 5.11 Å². The molecule has 3 aromatic rings. The largest absolute Gasteiger partial charge is 0.480 e. The predicted molar refractivity (Wildman–Crippen MR) is 115 cm³/mol. The number of nitrogens with zero attached hydrogens (tertiary/aromatic N) is 4. The number of aryl methyl sites for hydroxylation is 2. The van der Waals surface area contributed by atoms with Crippen molar-refractivity contribution in [1.82, 2.24) is 18.4 Å². The summed E-state index contributed by atoms with van der Waals surface area (Å²) in [6.07, 6.45) is 2.18. The van der Waals surface area contributed by atoms with Crippen LogP contribution in [0.25, 0.3) is 11.2 Å². The van der Waals surface area contributed by atoms with Crippen molar-refractivity contribution in [2.75, 3.05) is 13.1 Å². The summed E-state index contributed by atoms with van der Waals surface area (Å²) in [7, 11) is -4.01. The molecular weight excluding hydrogens is 439 g/mol. The summed E-state index contributed by atoms with van der Waals surface area (Å²) >= 11 is 0. The van der Waals surface area contributed by atoms with Gasteiger partial charge in [0.05, 0.1) is 5.52 Å². The molecule has 0 spiro atoms. The van der Waals surface area contributed by atoms with E-state index in [2.05, 4.69) is 4.98 Å². The maximum Gasteiger partial charge on any atom is 0.331 e. The Bertz CT molecular complexity index is 1370. The lowest BCUT2D eigenvalue weighted by Gasteiger charge is -2.31. The van der Waals surface area contributed by atoms with Gasteiger partial charge in [-0.1, -0.05) is 6.07 Å². The first-order chi connectivity index (χ1) is 15.1. The van der Waals surface area contributed by atoms with Crippen molar-refractivity contribution >= 4 is 27.2 Å². The van der Waals surface area contributed by atoms with Crippen molar-refractivity contribution in [3.63, 3.8) is 0 Å². The number of aliphatic carboxylic acids is 1. The molecule has 0 atom stereocenters. The molecular formula is C21H23FN4O5S. The molecule has 0 unspecified atom stereocenters. The monoisotopic (exact) mass is 462 g/mol. The first-order valence-corrected chi connectivity index (χ1v) is 11.6. The van der Waals surface area contributed by atoms with Gasteiger partial charge in [-0.3, -0.25) is 13.9 Å². The van der Waals surface area contributed by atoms with Crippen LogP contribution >= 0.6 is 0 Å². The van der Waals surface area contributed by atoms with Crippen molar-refractivity contribution in [1.29, 1.82) is 0 Å². The Labute approximate surface area is 183 Å². The fourth-order valence-corrected chi connectivity index (χ4v) is 5.78. The lowest BCUT2D eigenvalue weighted by atomic mass is 10.1. The number of aromatic nitrogens is 3. The number of carboxylic acid groups (broad SMARTS) is 1. The summed E-state index contributed by atoms with van der Waals surface area (Å²) in [6, 6.07) is 5.35. The highest BCUT2D eigenvalue weighted by atomic mass is 32.2. The molecule has 1 aliphatic heterocycles. The maximum absolute atomic E-state index is 14.3. The second kappa shape index (κ2) is 8.14. The number of fused-ring (bicyclic) bond motifs is 1. The quantitative estimate of drug-likeness (QED) is 0.621. The van der Waals surface area contributed by atoms with Crippen LogP contribution in [0.2, 0.25) is 0 Å². The summed E-state index contributed by atoms with van der Waals surface area (Å²) < 4.78 is 44.1. The van der Waals surface area contributed by atoms with Gasteiger partial charge in [-0.05, 0) is 56.0 Å². The van der Waals surface area contributed by atoms with Crippen molar-refractivity contribution in [2.45, 2.75) is 44.2 Å². The highest BCUT2D eigenvalue weighted by molar-refractivity contribution is 7.89. The molecule has 0 bridgehead atoms. The van der Waals surface area contributed by atoms with E-state index in [4.69, 9.17) is 0 Å². The van der Waals surface area contributed by atoms with Gasteiger partial charge in [0.2, 0.25) is 10.0 Å². The minimum atomic E-state index is -4.01. The summed E-state index contributed by atoms with van der Waals surface area (Å²) in [4.78, 5) is 28.3. The van der Waals surface area contributed by atoms with Crippen LogP contribution in [0.15, 0.2) is 40.2 Å². The first-order valence-electron chi connectivity index (χ1n) is 10.2. The molecule has 2 aromatic heterocycles. The SMILES string of the molecule is Cc1ccc(S(=O)(=O)N2CCC(n3c(=O)n(CC(=O)O)c4c(C)ccnc43)CC2)c(F)c1. The van der Waals surface area contributed by atoms with Crippen LogP contribution in [0.4, 0.5) is 4.39 Å². The number of benzene rings is 1. The number of piperidine rings is 1. The molecule has 1 saturated heterocycles. The molecule has 4 rings (SSSR count). The topological polar surface area (TPSA) is 114 Å². The molecule has 3 heterocycles. The highest BCUT2D eigenvalue weighted by Gasteiger charge is 2.33. The molecule has 1 aromatic carbocycles. The molecule has 1 N–H and O–H groups in total. The molecule has 0 radical (unpaired) electrons.